The second-order valence-electron chi connectivity index (χ2n) is 6.83. The summed E-state index contributed by atoms with van der Waals surface area (Å²) in [4.78, 5) is 24.2. The van der Waals surface area contributed by atoms with Crippen molar-refractivity contribution in [3.8, 4) is 23.5 Å². The zero-order valence-electron chi connectivity index (χ0n) is 16.4. The second kappa shape index (κ2) is 10.00. The fourth-order valence-corrected chi connectivity index (χ4v) is 3.12. The van der Waals surface area contributed by atoms with E-state index in [9.17, 15) is 22.8 Å². The molecule has 6 nitrogen and oxygen atoms in total. The van der Waals surface area contributed by atoms with Crippen molar-refractivity contribution in [2.75, 3.05) is 24.5 Å². The van der Waals surface area contributed by atoms with E-state index in [-0.39, 0.29) is 18.8 Å². The van der Waals surface area contributed by atoms with Crippen LogP contribution in [0.5, 0.6) is 0 Å². The molecule has 162 valence electrons. The van der Waals surface area contributed by atoms with Gasteiger partial charge in [0.05, 0.1) is 25.3 Å². The third-order valence-corrected chi connectivity index (χ3v) is 4.66. The van der Waals surface area contributed by atoms with Crippen LogP contribution in [-0.2, 0) is 16.1 Å². The molecular formula is C22H20F3N3O3. The Kier molecular flexibility index (Phi) is 7.15. The summed E-state index contributed by atoms with van der Waals surface area (Å²) < 4.78 is 44.3. The number of nitrogens with zero attached hydrogens (tertiary/aromatic N) is 1. The van der Waals surface area contributed by atoms with Crippen LogP contribution in [0.25, 0.3) is 11.1 Å². The Bertz CT molecular complexity index is 990. The number of benzene rings is 2. The van der Waals surface area contributed by atoms with Gasteiger partial charge in [-0.15, -0.1) is 6.42 Å². The Morgan fingerprint density at radius 1 is 1.26 bits per heavy atom. The number of anilines is 1. The minimum Gasteiger partial charge on any atom is -0.442 e. The van der Waals surface area contributed by atoms with Crippen molar-refractivity contribution in [2.24, 2.45) is 0 Å². The van der Waals surface area contributed by atoms with Gasteiger partial charge in [0.1, 0.15) is 11.9 Å². The Hall–Kier alpha value is -3.51. The fraction of sp³-hybridized carbons (Fsp3) is 0.273. The molecule has 2 N–H and O–H groups in total. The van der Waals surface area contributed by atoms with Gasteiger partial charge < -0.3 is 15.4 Å². The molecular weight excluding hydrogens is 411 g/mol. The molecule has 2 amide bonds. The van der Waals surface area contributed by atoms with Crippen molar-refractivity contribution in [2.45, 2.75) is 19.1 Å². The summed E-state index contributed by atoms with van der Waals surface area (Å²) >= 11 is 0. The number of hydrogen-bond acceptors (Lipinski definition) is 4. The molecule has 1 heterocycles. The van der Waals surface area contributed by atoms with Crippen LogP contribution < -0.4 is 15.5 Å². The molecule has 9 heteroatoms. The number of halogens is 3. The highest BCUT2D eigenvalue weighted by molar-refractivity contribution is 5.90. The molecule has 1 aliphatic rings. The number of ether oxygens (including phenoxy) is 1. The van der Waals surface area contributed by atoms with E-state index < -0.39 is 30.3 Å². The van der Waals surface area contributed by atoms with Gasteiger partial charge in [-0.3, -0.25) is 9.69 Å². The number of hydrogen-bond donors (Lipinski definition) is 2. The molecule has 1 saturated heterocycles. The molecule has 2 aromatic rings. The number of alkyl halides is 2. The van der Waals surface area contributed by atoms with Crippen molar-refractivity contribution >= 4 is 17.7 Å². The van der Waals surface area contributed by atoms with E-state index >= 15 is 0 Å². The van der Waals surface area contributed by atoms with Crippen molar-refractivity contribution in [3.63, 3.8) is 0 Å². The van der Waals surface area contributed by atoms with Gasteiger partial charge in [0.25, 0.3) is 5.91 Å². The minimum atomic E-state index is -3.15. The van der Waals surface area contributed by atoms with Gasteiger partial charge in [-0.05, 0) is 29.3 Å². The monoisotopic (exact) mass is 431 g/mol. The lowest BCUT2D eigenvalue weighted by atomic mass is 10.0. The number of carbonyl (C=O) groups excluding carboxylic acids is 2. The Morgan fingerprint density at radius 2 is 2.00 bits per heavy atom. The molecule has 1 fully saturated rings. The van der Waals surface area contributed by atoms with Gasteiger partial charge in [0, 0.05) is 12.1 Å². The lowest BCUT2D eigenvalue weighted by Gasteiger charge is -2.15. The van der Waals surface area contributed by atoms with Crippen LogP contribution in [0.1, 0.15) is 5.56 Å². The zero-order valence-corrected chi connectivity index (χ0v) is 16.4. The molecule has 0 aliphatic carbocycles. The molecule has 0 spiro atoms. The van der Waals surface area contributed by atoms with Gasteiger partial charge >= 0.3 is 12.5 Å². The summed E-state index contributed by atoms with van der Waals surface area (Å²) in [5.41, 5.74) is 2.30. The van der Waals surface area contributed by atoms with E-state index in [1.54, 1.807) is 24.3 Å². The quantitative estimate of drug-likeness (QED) is 0.498. The molecule has 2 aromatic carbocycles. The molecule has 1 aliphatic heterocycles. The van der Waals surface area contributed by atoms with Crippen LogP contribution in [0, 0.1) is 18.2 Å². The molecule has 0 aromatic heterocycles. The fourth-order valence-electron chi connectivity index (χ4n) is 3.12. The smallest absolute Gasteiger partial charge is 0.414 e. The van der Waals surface area contributed by atoms with E-state index in [4.69, 9.17) is 11.2 Å². The summed E-state index contributed by atoms with van der Waals surface area (Å²) in [6, 6.07) is 11.6. The zero-order chi connectivity index (χ0) is 22.4. The van der Waals surface area contributed by atoms with Crippen molar-refractivity contribution in [1.82, 2.24) is 10.6 Å². The first-order chi connectivity index (χ1) is 14.9. The highest BCUT2D eigenvalue weighted by Gasteiger charge is 2.33. The SMILES string of the molecule is C#CCNCc1ccc(-c2ccc(N3C[C@H](CNC(=O)C(F)F)OC3=O)cc2F)cc1. The first-order valence-electron chi connectivity index (χ1n) is 9.46. The van der Waals surface area contributed by atoms with Crippen molar-refractivity contribution in [3.05, 3.63) is 53.8 Å². The Labute approximate surface area is 177 Å². The molecule has 0 radical (unpaired) electrons. The largest absolute Gasteiger partial charge is 0.442 e. The summed E-state index contributed by atoms with van der Waals surface area (Å²) in [5, 5.41) is 5.07. The van der Waals surface area contributed by atoms with Crippen LogP contribution >= 0.6 is 0 Å². The topological polar surface area (TPSA) is 70.7 Å². The van der Waals surface area contributed by atoms with Crippen LogP contribution in [0.2, 0.25) is 0 Å². The first-order valence-corrected chi connectivity index (χ1v) is 9.46. The molecule has 0 saturated carbocycles. The van der Waals surface area contributed by atoms with Gasteiger partial charge in [0.2, 0.25) is 0 Å². The Balaban J connectivity index is 1.66. The van der Waals surface area contributed by atoms with Gasteiger partial charge in [-0.2, -0.15) is 8.78 Å². The molecule has 3 rings (SSSR count). The number of rotatable bonds is 8. The second-order valence-corrected chi connectivity index (χ2v) is 6.83. The summed E-state index contributed by atoms with van der Waals surface area (Å²) in [6.45, 7) is 0.799. The molecule has 0 bridgehead atoms. The molecule has 31 heavy (non-hydrogen) atoms. The average molecular weight is 431 g/mol. The van der Waals surface area contributed by atoms with Crippen LogP contribution in [0.3, 0.4) is 0 Å². The summed E-state index contributed by atoms with van der Waals surface area (Å²) in [6.07, 6.45) is 0.486. The maximum Gasteiger partial charge on any atom is 0.414 e. The van der Waals surface area contributed by atoms with Gasteiger partial charge in [-0.25, -0.2) is 9.18 Å². The Morgan fingerprint density at radius 3 is 2.65 bits per heavy atom. The van der Waals surface area contributed by atoms with E-state index in [0.29, 0.717) is 24.2 Å². The number of terminal acetylenes is 1. The lowest BCUT2D eigenvalue weighted by Crippen LogP contribution is -2.37. The van der Waals surface area contributed by atoms with Gasteiger partial charge in [-0.1, -0.05) is 30.2 Å². The number of cyclic esters (lactones) is 1. The van der Waals surface area contributed by atoms with Crippen molar-refractivity contribution < 1.29 is 27.5 Å². The molecule has 0 unspecified atom stereocenters. The van der Waals surface area contributed by atoms with E-state index in [2.05, 4.69) is 11.2 Å². The lowest BCUT2D eigenvalue weighted by molar-refractivity contribution is -0.132. The van der Waals surface area contributed by atoms with E-state index in [1.807, 2.05) is 17.4 Å². The number of carbonyl (C=O) groups is 2. The van der Waals surface area contributed by atoms with Gasteiger partial charge in [0.15, 0.2) is 0 Å². The maximum absolute atomic E-state index is 14.8. The normalized spacial score (nSPS) is 15.6. The van der Waals surface area contributed by atoms with Crippen LogP contribution in [0.4, 0.5) is 23.7 Å². The van der Waals surface area contributed by atoms with Crippen LogP contribution in [-0.4, -0.2) is 44.2 Å². The number of nitrogens with one attached hydrogen (secondary N) is 2. The third-order valence-electron chi connectivity index (χ3n) is 4.66. The highest BCUT2D eigenvalue weighted by Crippen LogP contribution is 2.29. The minimum absolute atomic E-state index is 0.000488. The summed E-state index contributed by atoms with van der Waals surface area (Å²) in [7, 11) is 0. The highest BCUT2D eigenvalue weighted by atomic mass is 19.3. The third kappa shape index (κ3) is 5.55. The van der Waals surface area contributed by atoms with Crippen molar-refractivity contribution in [1.29, 1.82) is 0 Å². The average Bonchev–Trinajstić information content (AvgIpc) is 3.13. The maximum atomic E-state index is 14.8. The van der Waals surface area contributed by atoms with E-state index in [0.717, 1.165) is 5.56 Å². The molecule has 1 atom stereocenters. The predicted molar refractivity (Wildman–Crippen MR) is 109 cm³/mol. The van der Waals surface area contributed by atoms with Crippen LogP contribution in [0.15, 0.2) is 42.5 Å². The summed E-state index contributed by atoms with van der Waals surface area (Å²) in [5.74, 6) is 0.515. The van der Waals surface area contributed by atoms with E-state index in [1.165, 1.54) is 11.0 Å². The first kappa shape index (κ1) is 22.2. The standard InChI is InChI=1S/C22H20F3N3O3/c1-2-9-26-11-14-3-5-15(6-4-14)18-8-7-16(10-19(18)23)28-13-17(31-22(28)30)12-27-21(29)20(24)25/h1,3-8,10,17,20,26H,9,11-13H2,(H,27,29)/t17-/m0/s1. The number of amides is 2. The predicted octanol–water partition coefficient (Wildman–Crippen LogP) is 2.92.